The number of benzene rings is 2. The highest BCUT2D eigenvalue weighted by Crippen LogP contribution is 2.37. The molecule has 3 rings (SSSR count). The van der Waals surface area contributed by atoms with Crippen LogP contribution < -0.4 is 5.14 Å². The maximum absolute atomic E-state index is 15.0. The molecular weight excluding hydrogens is 471 g/mol. The SMILES string of the molecule is Cc1ccc(C)c(Cc2nc(CO[Si](C)(C)C(C)(C)C)nn2-c2ccc(S(N)(=O)=O)cc2F)c1. The van der Waals surface area contributed by atoms with Crippen molar-refractivity contribution in [3.8, 4) is 5.69 Å². The molecule has 184 valence electrons. The third-order valence-corrected chi connectivity index (χ3v) is 11.8. The van der Waals surface area contributed by atoms with Crippen LogP contribution in [-0.2, 0) is 27.5 Å². The fraction of sp³-hybridized carbons (Fsp3) is 0.417. The van der Waals surface area contributed by atoms with Gasteiger partial charge in [-0.15, -0.1) is 5.10 Å². The lowest BCUT2D eigenvalue weighted by Crippen LogP contribution is -2.40. The second kappa shape index (κ2) is 9.33. The van der Waals surface area contributed by atoms with Crippen LogP contribution >= 0.6 is 0 Å². The molecule has 0 saturated carbocycles. The fourth-order valence-electron chi connectivity index (χ4n) is 3.22. The molecule has 0 aliphatic heterocycles. The Morgan fingerprint density at radius 1 is 1.12 bits per heavy atom. The summed E-state index contributed by atoms with van der Waals surface area (Å²) in [5.41, 5.74) is 3.34. The minimum absolute atomic E-state index is 0.0206. The second-order valence-corrected chi connectivity index (χ2v) is 16.5. The summed E-state index contributed by atoms with van der Waals surface area (Å²) >= 11 is 0. The maximum atomic E-state index is 15.0. The van der Waals surface area contributed by atoms with Gasteiger partial charge >= 0.3 is 0 Å². The van der Waals surface area contributed by atoms with Crippen molar-refractivity contribution in [1.82, 2.24) is 14.8 Å². The highest BCUT2D eigenvalue weighted by Gasteiger charge is 2.37. The molecule has 0 aliphatic carbocycles. The molecule has 0 amide bonds. The van der Waals surface area contributed by atoms with Gasteiger partial charge in [0.1, 0.15) is 17.3 Å². The Morgan fingerprint density at radius 3 is 2.38 bits per heavy atom. The standard InChI is InChI=1S/C24H33FN4O3SSi/c1-16-8-9-17(2)18(12-16)13-23-27-22(15-32-34(6,7)24(3,4)5)28-29(23)21-11-10-19(14-20(21)25)33(26,30)31/h8-12,14H,13,15H2,1-7H3,(H2,26,30,31). The van der Waals surface area contributed by atoms with Crippen LogP contribution in [0.3, 0.4) is 0 Å². The van der Waals surface area contributed by atoms with Gasteiger partial charge in [0.2, 0.25) is 10.0 Å². The molecule has 0 unspecified atom stereocenters. The van der Waals surface area contributed by atoms with Gasteiger partial charge in [-0.25, -0.2) is 27.6 Å². The monoisotopic (exact) mass is 504 g/mol. The van der Waals surface area contributed by atoms with E-state index in [0.29, 0.717) is 18.1 Å². The predicted molar refractivity (Wildman–Crippen MR) is 133 cm³/mol. The number of primary sulfonamides is 1. The van der Waals surface area contributed by atoms with Crippen molar-refractivity contribution in [3.05, 3.63) is 70.6 Å². The van der Waals surface area contributed by atoms with Crippen LogP contribution in [0.5, 0.6) is 0 Å². The number of halogens is 1. The Hall–Kier alpha value is -2.40. The molecule has 10 heteroatoms. The summed E-state index contributed by atoms with van der Waals surface area (Å²) in [6.45, 7) is 15.0. The molecule has 0 fully saturated rings. The van der Waals surface area contributed by atoms with Gasteiger partial charge in [0.25, 0.3) is 0 Å². The summed E-state index contributed by atoms with van der Waals surface area (Å²) in [4.78, 5) is 4.39. The Balaban J connectivity index is 2.05. The van der Waals surface area contributed by atoms with Gasteiger partial charge in [-0.1, -0.05) is 44.5 Å². The van der Waals surface area contributed by atoms with Crippen molar-refractivity contribution in [3.63, 3.8) is 0 Å². The molecule has 0 bridgehead atoms. The minimum Gasteiger partial charge on any atom is -0.409 e. The van der Waals surface area contributed by atoms with Crippen LogP contribution in [-0.4, -0.2) is 31.5 Å². The number of nitrogens with two attached hydrogens (primary N) is 1. The normalized spacial score (nSPS) is 12.9. The topological polar surface area (TPSA) is 100 Å². The fourth-order valence-corrected chi connectivity index (χ4v) is 4.67. The van der Waals surface area contributed by atoms with E-state index < -0.39 is 24.2 Å². The zero-order valence-electron chi connectivity index (χ0n) is 20.8. The molecule has 2 aromatic carbocycles. The summed E-state index contributed by atoms with van der Waals surface area (Å²) in [7, 11) is -6.08. The molecule has 34 heavy (non-hydrogen) atoms. The average Bonchev–Trinajstić information content (AvgIpc) is 3.10. The summed E-state index contributed by atoms with van der Waals surface area (Å²) in [6.07, 6.45) is 0.428. The number of aromatic nitrogens is 3. The molecule has 2 N–H and O–H groups in total. The molecule has 0 aliphatic rings. The number of rotatable bonds is 7. The minimum atomic E-state index is -4.03. The molecule has 1 heterocycles. The van der Waals surface area contributed by atoms with Crippen LogP contribution in [0.15, 0.2) is 41.3 Å². The van der Waals surface area contributed by atoms with Crippen molar-refractivity contribution in [2.45, 2.75) is 70.7 Å². The van der Waals surface area contributed by atoms with Gasteiger partial charge < -0.3 is 4.43 Å². The first-order chi connectivity index (χ1) is 15.6. The number of nitrogens with zero attached hydrogens (tertiary/aromatic N) is 3. The van der Waals surface area contributed by atoms with Crippen molar-refractivity contribution in [2.24, 2.45) is 5.14 Å². The molecule has 7 nitrogen and oxygen atoms in total. The van der Waals surface area contributed by atoms with E-state index in [1.807, 2.05) is 26.0 Å². The first-order valence-corrected chi connectivity index (χ1v) is 15.5. The average molecular weight is 505 g/mol. The van der Waals surface area contributed by atoms with Crippen molar-refractivity contribution in [2.75, 3.05) is 0 Å². The Bertz CT molecular complexity index is 1310. The van der Waals surface area contributed by atoms with E-state index in [1.54, 1.807) is 0 Å². The van der Waals surface area contributed by atoms with Crippen LogP contribution in [0, 0.1) is 19.7 Å². The summed E-state index contributed by atoms with van der Waals surface area (Å²) in [5.74, 6) is 0.223. The van der Waals surface area contributed by atoms with Crippen LogP contribution in [0.2, 0.25) is 18.1 Å². The molecule has 0 atom stereocenters. The smallest absolute Gasteiger partial charge is 0.238 e. The lowest BCUT2D eigenvalue weighted by atomic mass is 10.0. The van der Waals surface area contributed by atoms with E-state index >= 15 is 4.39 Å². The Labute approximate surface area is 202 Å². The van der Waals surface area contributed by atoms with Gasteiger partial charge in [-0.3, -0.25) is 0 Å². The van der Waals surface area contributed by atoms with Gasteiger partial charge in [0, 0.05) is 6.42 Å². The quantitative estimate of drug-likeness (QED) is 0.467. The molecule has 3 aromatic rings. The predicted octanol–water partition coefficient (Wildman–Crippen LogP) is 4.78. The van der Waals surface area contributed by atoms with E-state index in [0.717, 1.165) is 22.8 Å². The first kappa shape index (κ1) is 26.2. The number of hydrogen-bond acceptors (Lipinski definition) is 5. The lowest BCUT2D eigenvalue weighted by molar-refractivity contribution is 0.267. The highest BCUT2D eigenvalue weighted by atomic mass is 32.2. The number of hydrogen-bond donors (Lipinski definition) is 1. The maximum Gasteiger partial charge on any atom is 0.238 e. The van der Waals surface area contributed by atoms with E-state index in [4.69, 9.17) is 9.56 Å². The van der Waals surface area contributed by atoms with E-state index in [9.17, 15) is 8.42 Å². The summed E-state index contributed by atoms with van der Waals surface area (Å²) in [6, 6.07) is 9.67. The van der Waals surface area contributed by atoms with Gasteiger partial charge in [0.05, 0.1) is 11.5 Å². The largest absolute Gasteiger partial charge is 0.409 e. The molecule has 0 spiro atoms. The summed E-state index contributed by atoms with van der Waals surface area (Å²) in [5, 5.41) is 9.72. The lowest BCUT2D eigenvalue weighted by Gasteiger charge is -2.35. The third-order valence-electron chi connectivity index (χ3n) is 6.42. The number of aryl methyl sites for hydroxylation is 2. The number of sulfonamides is 1. The van der Waals surface area contributed by atoms with Crippen LogP contribution in [0.4, 0.5) is 4.39 Å². The zero-order valence-corrected chi connectivity index (χ0v) is 22.6. The highest BCUT2D eigenvalue weighted by molar-refractivity contribution is 7.89. The second-order valence-electron chi connectivity index (χ2n) is 10.2. The third kappa shape index (κ3) is 5.80. The molecule has 0 saturated heterocycles. The molecular formula is C24H33FN4O3SSi. The molecule has 0 radical (unpaired) electrons. The summed E-state index contributed by atoms with van der Waals surface area (Å²) < 4.78 is 46.0. The van der Waals surface area contributed by atoms with E-state index in [2.05, 4.69) is 50.0 Å². The van der Waals surface area contributed by atoms with Crippen molar-refractivity contribution < 1.29 is 17.2 Å². The van der Waals surface area contributed by atoms with Gasteiger partial charge in [-0.05, 0) is 61.3 Å². The van der Waals surface area contributed by atoms with Crippen molar-refractivity contribution >= 4 is 18.3 Å². The first-order valence-electron chi connectivity index (χ1n) is 11.1. The van der Waals surface area contributed by atoms with Crippen LogP contribution in [0.1, 0.15) is 49.1 Å². The zero-order chi connectivity index (χ0) is 25.5. The molecule has 1 aromatic heterocycles. The van der Waals surface area contributed by atoms with Gasteiger partial charge in [-0.2, -0.15) is 0 Å². The Morgan fingerprint density at radius 2 is 1.79 bits per heavy atom. The van der Waals surface area contributed by atoms with Crippen LogP contribution in [0.25, 0.3) is 5.69 Å². The van der Waals surface area contributed by atoms with Gasteiger partial charge in [0.15, 0.2) is 14.1 Å². The van der Waals surface area contributed by atoms with E-state index in [-0.39, 0.29) is 22.2 Å². The van der Waals surface area contributed by atoms with Crippen molar-refractivity contribution in [1.29, 1.82) is 0 Å². The Kier molecular flexibility index (Phi) is 7.19. The van der Waals surface area contributed by atoms with E-state index in [1.165, 1.54) is 16.8 Å².